The normalized spacial score (nSPS) is 10.4. The summed E-state index contributed by atoms with van der Waals surface area (Å²) >= 11 is 0. The molecule has 96 valence electrons. The highest BCUT2D eigenvalue weighted by Gasteiger charge is 1.98. The lowest BCUT2D eigenvalue weighted by atomic mass is 10.2. The van der Waals surface area contributed by atoms with Crippen molar-refractivity contribution in [3.05, 3.63) is 29.8 Å². The van der Waals surface area contributed by atoms with Gasteiger partial charge in [-0.05, 0) is 24.6 Å². The quantitative estimate of drug-likeness (QED) is 0.497. The number of aliphatic imine (C=N–C) groups is 1. The van der Waals surface area contributed by atoms with E-state index in [9.17, 15) is 0 Å². The molecule has 2 N–H and O–H groups in total. The summed E-state index contributed by atoms with van der Waals surface area (Å²) in [5.74, 6) is 1.68. The molecule has 0 unspecified atom stereocenters. The Kier molecular flexibility index (Phi) is 8.57. The predicted octanol–water partition coefficient (Wildman–Crippen LogP) is 2.00. The van der Waals surface area contributed by atoms with Gasteiger partial charge < -0.3 is 15.4 Å². The molecule has 1 rings (SSSR count). The van der Waals surface area contributed by atoms with Gasteiger partial charge in [-0.1, -0.05) is 12.1 Å². The molecule has 0 aromatic heterocycles. The van der Waals surface area contributed by atoms with E-state index in [4.69, 9.17) is 4.74 Å². The highest BCUT2D eigenvalue weighted by atomic mass is 127. The Bertz CT molecular complexity index is 355. The van der Waals surface area contributed by atoms with Crippen molar-refractivity contribution in [2.24, 2.45) is 4.99 Å². The van der Waals surface area contributed by atoms with Gasteiger partial charge >= 0.3 is 0 Å². The zero-order valence-corrected chi connectivity index (χ0v) is 12.8. The first-order valence-corrected chi connectivity index (χ1v) is 5.37. The molecule has 0 aliphatic carbocycles. The number of hydrogen-bond donors (Lipinski definition) is 2. The zero-order valence-electron chi connectivity index (χ0n) is 10.5. The molecule has 1 aromatic rings. The molecule has 0 spiro atoms. The van der Waals surface area contributed by atoms with Crippen LogP contribution >= 0.6 is 24.0 Å². The van der Waals surface area contributed by atoms with Crippen molar-refractivity contribution in [3.63, 3.8) is 0 Å². The SMILES string of the molecule is CCNC(=NC)NCc1cccc(OC)c1.I. The van der Waals surface area contributed by atoms with Crippen molar-refractivity contribution in [1.82, 2.24) is 10.6 Å². The van der Waals surface area contributed by atoms with Crippen LogP contribution in [0.1, 0.15) is 12.5 Å². The number of nitrogens with one attached hydrogen (secondary N) is 2. The van der Waals surface area contributed by atoms with E-state index in [1.165, 1.54) is 5.56 Å². The minimum absolute atomic E-state index is 0. The monoisotopic (exact) mass is 349 g/mol. The average molecular weight is 349 g/mol. The maximum atomic E-state index is 5.16. The Morgan fingerprint density at radius 3 is 2.71 bits per heavy atom. The standard InChI is InChI=1S/C12H19N3O.HI/c1-4-14-12(13-2)15-9-10-6-5-7-11(8-10)16-3;/h5-8H,4,9H2,1-3H3,(H2,13,14,15);1H. The summed E-state index contributed by atoms with van der Waals surface area (Å²) in [4.78, 5) is 4.10. The van der Waals surface area contributed by atoms with Crippen molar-refractivity contribution < 1.29 is 4.74 Å². The fourth-order valence-corrected chi connectivity index (χ4v) is 1.36. The van der Waals surface area contributed by atoms with Gasteiger partial charge in [0.15, 0.2) is 5.96 Å². The Hall–Kier alpha value is -0.980. The molecule has 4 nitrogen and oxygen atoms in total. The van der Waals surface area contributed by atoms with Crippen LogP contribution in [0.15, 0.2) is 29.3 Å². The van der Waals surface area contributed by atoms with Crippen LogP contribution in [0.3, 0.4) is 0 Å². The third kappa shape index (κ3) is 5.76. The van der Waals surface area contributed by atoms with Crippen molar-refractivity contribution in [2.75, 3.05) is 20.7 Å². The van der Waals surface area contributed by atoms with Crippen molar-refractivity contribution in [3.8, 4) is 5.75 Å². The van der Waals surface area contributed by atoms with Gasteiger partial charge in [0.25, 0.3) is 0 Å². The van der Waals surface area contributed by atoms with Crippen LogP contribution < -0.4 is 15.4 Å². The fourth-order valence-electron chi connectivity index (χ4n) is 1.36. The van der Waals surface area contributed by atoms with Gasteiger partial charge in [0.2, 0.25) is 0 Å². The van der Waals surface area contributed by atoms with Crippen LogP contribution in [-0.4, -0.2) is 26.7 Å². The summed E-state index contributed by atoms with van der Waals surface area (Å²) in [5.41, 5.74) is 1.17. The van der Waals surface area contributed by atoms with Gasteiger partial charge in [0, 0.05) is 20.1 Å². The minimum atomic E-state index is 0. The van der Waals surface area contributed by atoms with E-state index >= 15 is 0 Å². The molecular formula is C12H20IN3O. The number of nitrogens with zero attached hydrogens (tertiary/aromatic N) is 1. The molecule has 17 heavy (non-hydrogen) atoms. The van der Waals surface area contributed by atoms with E-state index in [1.54, 1.807) is 14.2 Å². The summed E-state index contributed by atoms with van der Waals surface area (Å²) < 4.78 is 5.16. The first kappa shape index (κ1) is 16.0. The molecule has 0 saturated carbocycles. The van der Waals surface area contributed by atoms with Gasteiger partial charge in [-0.3, -0.25) is 4.99 Å². The Labute approximate surface area is 120 Å². The summed E-state index contributed by atoms with van der Waals surface area (Å²) in [6, 6.07) is 7.97. The van der Waals surface area contributed by atoms with Gasteiger partial charge in [-0.2, -0.15) is 0 Å². The highest BCUT2D eigenvalue weighted by molar-refractivity contribution is 14.0. The van der Waals surface area contributed by atoms with Crippen LogP contribution in [0.4, 0.5) is 0 Å². The molecule has 0 fully saturated rings. The molecule has 0 atom stereocenters. The second-order valence-corrected chi connectivity index (χ2v) is 3.31. The van der Waals surface area contributed by atoms with Crippen molar-refractivity contribution in [1.29, 1.82) is 0 Å². The number of hydrogen-bond acceptors (Lipinski definition) is 2. The number of benzene rings is 1. The molecule has 0 saturated heterocycles. The number of halogens is 1. The average Bonchev–Trinajstić information content (AvgIpc) is 2.34. The summed E-state index contributed by atoms with van der Waals surface area (Å²) in [5, 5.41) is 6.36. The van der Waals surface area contributed by atoms with E-state index in [2.05, 4.69) is 21.7 Å². The minimum Gasteiger partial charge on any atom is -0.497 e. The largest absolute Gasteiger partial charge is 0.497 e. The zero-order chi connectivity index (χ0) is 11.8. The lowest BCUT2D eigenvalue weighted by Gasteiger charge is -2.10. The summed E-state index contributed by atoms with van der Waals surface area (Å²) in [6.45, 7) is 3.63. The Balaban J connectivity index is 0.00000256. The first-order chi connectivity index (χ1) is 7.80. The fraction of sp³-hybridized carbons (Fsp3) is 0.417. The molecule has 1 aromatic carbocycles. The van der Waals surface area contributed by atoms with Crippen molar-refractivity contribution in [2.45, 2.75) is 13.5 Å². The Morgan fingerprint density at radius 1 is 1.35 bits per heavy atom. The van der Waals surface area contributed by atoms with E-state index in [-0.39, 0.29) is 24.0 Å². The van der Waals surface area contributed by atoms with Gasteiger partial charge in [0.1, 0.15) is 5.75 Å². The van der Waals surface area contributed by atoms with Crippen LogP contribution in [0, 0.1) is 0 Å². The Morgan fingerprint density at radius 2 is 2.12 bits per heavy atom. The van der Waals surface area contributed by atoms with E-state index in [1.807, 2.05) is 25.1 Å². The first-order valence-electron chi connectivity index (χ1n) is 5.37. The van der Waals surface area contributed by atoms with Crippen LogP contribution in [0.25, 0.3) is 0 Å². The van der Waals surface area contributed by atoms with Gasteiger partial charge in [0.05, 0.1) is 7.11 Å². The predicted molar refractivity (Wildman–Crippen MR) is 82.3 cm³/mol. The number of methoxy groups -OCH3 is 1. The molecular weight excluding hydrogens is 329 g/mol. The molecule has 0 amide bonds. The topological polar surface area (TPSA) is 45.7 Å². The second-order valence-electron chi connectivity index (χ2n) is 3.31. The lowest BCUT2D eigenvalue weighted by molar-refractivity contribution is 0.414. The third-order valence-corrected chi connectivity index (χ3v) is 2.16. The summed E-state index contributed by atoms with van der Waals surface area (Å²) in [7, 11) is 3.43. The summed E-state index contributed by atoms with van der Waals surface area (Å²) in [6.07, 6.45) is 0. The van der Waals surface area contributed by atoms with E-state index < -0.39 is 0 Å². The van der Waals surface area contributed by atoms with E-state index in [0.29, 0.717) is 0 Å². The van der Waals surface area contributed by atoms with E-state index in [0.717, 1.165) is 24.8 Å². The van der Waals surface area contributed by atoms with Crippen LogP contribution in [-0.2, 0) is 6.54 Å². The molecule has 5 heteroatoms. The number of rotatable bonds is 4. The van der Waals surface area contributed by atoms with Gasteiger partial charge in [-0.15, -0.1) is 24.0 Å². The second kappa shape index (κ2) is 9.09. The third-order valence-electron chi connectivity index (χ3n) is 2.16. The molecule has 0 bridgehead atoms. The maximum absolute atomic E-state index is 5.16. The van der Waals surface area contributed by atoms with Gasteiger partial charge in [-0.25, -0.2) is 0 Å². The smallest absolute Gasteiger partial charge is 0.191 e. The molecule has 0 radical (unpaired) electrons. The maximum Gasteiger partial charge on any atom is 0.191 e. The molecule has 0 aliphatic heterocycles. The molecule has 0 aliphatic rings. The van der Waals surface area contributed by atoms with Crippen molar-refractivity contribution >= 4 is 29.9 Å². The van der Waals surface area contributed by atoms with Crippen LogP contribution in [0.5, 0.6) is 5.75 Å². The lowest BCUT2D eigenvalue weighted by Crippen LogP contribution is -2.36. The number of ether oxygens (including phenoxy) is 1. The number of guanidine groups is 1. The molecule has 0 heterocycles. The van der Waals surface area contributed by atoms with Crippen LogP contribution in [0.2, 0.25) is 0 Å². The highest BCUT2D eigenvalue weighted by Crippen LogP contribution is 2.11.